The Morgan fingerprint density at radius 1 is 1.00 bits per heavy atom. The molecule has 232 valence electrons. The minimum absolute atomic E-state index is 0.0407. The lowest BCUT2D eigenvalue weighted by molar-refractivity contribution is -0.117. The van der Waals surface area contributed by atoms with Crippen LogP contribution in [0.4, 0.5) is 18.9 Å². The molecule has 2 amide bonds. The molecule has 7 rings (SSSR count). The van der Waals surface area contributed by atoms with Crippen LogP contribution in [0.2, 0.25) is 6.04 Å². The fraction of sp³-hybridized carbons (Fsp3) is 0.156. The van der Waals surface area contributed by atoms with Crippen LogP contribution in [-0.2, 0) is 4.79 Å². The van der Waals surface area contributed by atoms with Gasteiger partial charge in [-0.3, -0.25) is 14.2 Å². The summed E-state index contributed by atoms with van der Waals surface area (Å²) >= 11 is 1.26. The molecule has 0 spiro atoms. The Kier molecular flexibility index (Phi) is 7.32. The quantitative estimate of drug-likeness (QED) is 0.230. The summed E-state index contributed by atoms with van der Waals surface area (Å²) in [6, 6.07) is 13.8. The molecule has 46 heavy (non-hydrogen) atoms. The van der Waals surface area contributed by atoms with E-state index in [1.165, 1.54) is 29.5 Å². The molecule has 0 unspecified atom stereocenters. The molecule has 6 aromatic rings. The van der Waals surface area contributed by atoms with Crippen molar-refractivity contribution in [1.29, 1.82) is 0 Å². The molecule has 0 aliphatic carbocycles. The van der Waals surface area contributed by atoms with E-state index >= 15 is 4.39 Å². The number of hydrogen-bond donors (Lipinski definition) is 1. The summed E-state index contributed by atoms with van der Waals surface area (Å²) in [5.74, 6) is -2.98. The molecule has 1 aliphatic heterocycles. The van der Waals surface area contributed by atoms with Crippen LogP contribution in [0.3, 0.4) is 0 Å². The van der Waals surface area contributed by atoms with Crippen molar-refractivity contribution in [2.24, 2.45) is 5.73 Å². The summed E-state index contributed by atoms with van der Waals surface area (Å²) in [6.07, 6.45) is 0.880. The first-order valence-corrected chi connectivity index (χ1v) is 17.2. The van der Waals surface area contributed by atoms with E-state index < -0.39 is 32.3 Å². The molecule has 2 N–H and O–H groups in total. The number of primary amides is 1. The van der Waals surface area contributed by atoms with Gasteiger partial charge < -0.3 is 14.8 Å². The summed E-state index contributed by atoms with van der Waals surface area (Å²) in [4.78, 5) is 34.8. The number of aryl methyl sites for hydroxylation is 2. The Bertz CT molecular complexity index is 2180. The minimum Gasteiger partial charge on any atom is -0.366 e. The van der Waals surface area contributed by atoms with Gasteiger partial charge in [-0.15, -0.1) is 11.3 Å². The number of amides is 2. The molecule has 0 saturated carbocycles. The predicted octanol–water partition coefficient (Wildman–Crippen LogP) is 5.69. The van der Waals surface area contributed by atoms with Crippen LogP contribution in [-0.4, -0.2) is 40.5 Å². The Labute approximate surface area is 265 Å². The maximum Gasteiger partial charge on any atom is 0.248 e. The van der Waals surface area contributed by atoms with E-state index in [9.17, 15) is 18.4 Å². The SMILES string of the molecule is Cc1noc(C)c1-c1ccc2c(c1)nc([Si@@H]1CCCC(=O)N1c1ccc(F)c(F)c1)n2-c1nc(-c2ccc(C(N)=O)cc2F)cs1. The zero-order valence-corrected chi connectivity index (χ0v) is 26.5. The number of halogens is 3. The lowest BCUT2D eigenvalue weighted by Crippen LogP contribution is -2.57. The van der Waals surface area contributed by atoms with Crippen LogP contribution in [0.5, 0.6) is 0 Å². The number of carbonyl (C=O) groups excluding carboxylic acids is 2. The Balaban J connectivity index is 1.41. The van der Waals surface area contributed by atoms with Crippen molar-refractivity contribution in [2.45, 2.75) is 32.7 Å². The lowest BCUT2D eigenvalue weighted by atomic mass is 10.0. The zero-order valence-electron chi connectivity index (χ0n) is 24.6. The normalized spacial score (nSPS) is 15.2. The molecule has 4 heterocycles. The smallest absolute Gasteiger partial charge is 0.248 e. The number of fused-ring (bicyclic) bond motifs is 1. The molecule has 1 aliphatic rings. The second-order valence-electron chi connectivity index (χ2n) is 11.1. The van der Waals surface area contributed by atoms with Crippen LogP contribution >= 0.6 is 11.3 Å². The van der Waals surface area contributed by atoms with Gasteiger partial charge in [-0.05, 0) is 80.4 Å². The number of thiazole rings is 1. The molecule has 1 atom stereocenters. The Morgan fingerprint density at radius 2 is 1.83 bits per heavy atom. The van der Waals surface area contributed by atoms with Crippen LogP contribution in [0.1, 0.15) is 34.7 Å². The lowest BCUT2D eigenvalue weighted by Gasteiger charge is -2.34. The third kappa shape index (κ3) is 4.99. The van der Waals surface area contributed by atoms with Crippen molar-refractivity contribution in [3.05, 3.63) is 94.4 Å². The molecule has 3 aromatic heterocycles. The highest BCUT2D eigenvalue weighted by Gasteiger charge is 2.37. The van der Waals surface area contributed by atoms with Gasteiger partial charge in [0.2, 0.25) is 20.8 Å². The topological polar surface area (TPSA) is 120 Å². The molecular formula is C32H25F3N6O3SSi. The highest BCUT2D eigenvalue weighted by Crippen LogP contribution is 2.33. The maximum absolute atomic E-state index is 15.1. The summed E-state index contributed by atoms with van der Waals surface area (Å²) in [6.45, 7) is 3.68. The van der Waals surface area contributed by atoms with Crippen molar-refractivity contribution in [2.75, 3.05) is 4.57 Å². The van der Waals surface area contributed by atoms with Crippen molar-refractivity contribution in [3.8, 4) is 27.5 Å². The van der Waals surface area contributed by atoms with Gasteiger partial charge in [0.1, 0.15) is 17.0 Å². The fourth-order valence-electron chi connectivity index (χ4n) is 6.01. The summed E-state index contributed by atoms with van der Waals surface area (Å²) < 4.78 is 52.3. The minimum atomic E-state index is -2.54. The molecule has 1 saturated heterocycles. The van der Waals surface area contributed by atoms with Gasteiger partial charge in [-0.2, -0.15) is 0 Å². The summed E-state index contributed by atoms with van der Waals surface area (Å²) in [5, 5.41) is 6.25. The maximum atomic E-state index is 15.1. The van der Waals surface area contributed by atoms with Crippen molar-refractivity contribution in [3.63, 3.8) is 0 Å². The number of benzene rings is 3. The first kappa shape index (κ1) is 29.6. The highest BCUT2D eigenvalue weighted by atomic mass is 32.1. The van der Waals surface area contributed by atoms with E-state index in [2.05, 4.69) is 5.16 Å². The number of nitrogens with zero attached hydrogens (tertiary/aromatic N) is 5. The Morgan fingerprint density at radius 3 is 2.54 bits per heavy atom. The van der Waals surface area contributed by atoms with Crippen LogP contribution < -0.4 is 15.7 Å². The predicted molar refractivity (Wildman–Crippen MR) is 170 cm³/mol. The van der Waals surface area contributed by atoms with Crippen molar-refractivity contribution >= 4 is 54.3 Å². The summed E-state index contributed by atoms with van der Waals surface area (Å²) in [5.41, 5.74) is 10.5. The Hall–Kier alpha value is -5.08. The van der Waals surface area contributed by atoms with Crippen LogP contribution in [0.25, 0.3) is 38.5 Å². The standard InChI is InChI=1S/C32H25F3N6O3SSi/c1-16-29(17(2)44-39-16)18-6-10-27-25(13-18)38-32(46-11-3-4-28(42)41(46)20-7-9-22(33)24(35)14-20)40(27)31-37-26(15-45-31)21-8-5-19(30(36)43)12-23(21)34/h5-10,12-15,46H,3-4,11H2,1-2H3,(H2,36,43)/t46-/m0/s1. The van der Waals surface area contributed by atoms with Crippen LogP contribution in [0, 0.1) is 31.3 Å². The van der Waals surface area contributed by atoms with Gasteiger partial charge in [0.25, 0.3) is 0 Å². The molecule has 0 radical (unpaired) electrons. The molecular weight excluding hydrogens is 634 g/mol. The van der Waals surface area contributed by atoms with Crippen LogP contribution in [0.15, 0.2) is 64.5 Å². The number of anilines is 1. The van der Waals surface area contributed by atoms with Gasteiger partial charge in [0.05, 0.1) is 22.4 Å². The highest BCUT2D eigenvalue weighted by molar-refractivity contribution is 7.12. The van der Waals surface area contributed by atoms with E-state index in [0.29, 0.717) is 45.5 Å². The van der Waals surface area contributed by atoms with Gasteiger partial charge in [-0.25, -0.2) is 23.1 Å². The van der Waals surface area contributed by atoms with E-state index in [4.69, 9.17) is 20.2 Å². The molecule has 9 nitrogen and oxygen atoms in total. The van der Waals surface area contributed by atoms with Gasteiger partial charge in [0, 0.05) is 34.2 Å². The number of imidazole rings is 1. The second-order valence-corrected chi connectivity index (χ2v) is 14.5. The van der Waals surface area contributed by atoms with Crippen molar-refractivity contribution < 1.29 is 27.3 Å². The first-order valence-electron chi connectivity index (χ1n) is 14.4. The van der Waals surface area contributed by atoms with E-state index in [0.717, 1.165) is 35.0 Å². The zero-order chi connectivity index (χ0) is 32.3. The van der Waals surface area contributed by atoms with Crippen molar-refractivity contribution in [1.82, 2.24) is 19.7 Å². The average Bonchev–Trinajstić information content (AvgIpc) is 3.74. The summed E-state index contributed by atoms with van der Waals surface area (Å²) in [7, 11) is -2.54. The molecule has 3 aromatic carbocycles. The number of rotatable bonds is 6. The largest absolute Gasteiger partial charge is 0.366 e. The molecule has 1 fully saturated rings. The third-order valence-electron chi connectivity index (χ3n) is 8.14. The molecule has 14 heteroatoms. The van der Waals surface area contributed by atoms with E-state index in [-0.39, 0.29) is 29.1 Å². The van der Waals surface area contributed by atoms with Gasteiger partial charge in [0.15, 0.2) is 16.8 Å². The molecule has 0 bridgehead atoms. The monoisotopic (exact) mass is 658 g/mol. The second kappa shape index (κ2) is 11.4. The number of hydrogen-bond acceptors (Lipinski definition) is 7. The van der Waals surface area contributed by atoms with E-state index in [1.807, 2.05) is 36.6 Å². The van der Waals surface area contributed by atoms with Gasteiger partial charge in [-0.1, -0.05) is 11.2 Å². The third-order valence-corrected chi connectivity index (χ3v) is 12.1. The fourth-order valence-corrected chi connectivity index (χ4v) is 10.1. The van der Waals surface area contributed by atoms with E-state index in [1.54, 1.807) is 9.95 Å². The average molecular weight is 659 g/mol. The number of aromatic nitrogens is 4. The number of nitrogens with two attached hydrogens (primary N) is 1. The van der Waals surface area contributed by atoms with Gasteiger partial charge >= 0.3 is 0 Å². The first-order chi connectivity index (χ1) is 22.1. The number of carbonyl (C=O) groups is 2.